The van der Waals surface area contributed by atoms with Crippen molar-refractivity contribution in [3.05, 3.63) is 53.6 Å². The largest absolute Gasteiger partial charge is 0.493 e. The van der Waals surface area contributed by atoms with E-state index in [1.807, 2.05) is 6.07 Å². The molecule has 0 aromatic heterocycles. The van der Waals surface area contributed by atoms with Crippen LogP contribution in [0.5, 0.6) is 11.5 Å². The van der Waals surface area contributed by atoms with E-state index in [-0.39, 0.29) is 12.5 Å². The van der Waals surface area contributed by atoms with E-state index in [4.69, 9.17) is 9.47 Å². The number of hydrogen-bond acceptors (Lipinski definition) is 5. The molecule has 3 rings (SSSR count). The molecule has 0 aliphatic carbocycles. The molecule has 1 aliphatic rings. The summed E-state index contributed by atoms with van der Waals surface area (Å²) in [5, 5.41) is 0. The van der Waals surface area contributed by atoms with Crippen LogP contribution < -0.4 is 9.47 Å². The molecule has 0 saturated heterocycles. The van der Waals surface area contributed by atoms with Crippen LogP contribution in [0.3, 0.4) is 0 Å². The van der Waals surface area contributed by atoms with Crippen molar-refractivity contribution in [2.75, 3.05) is 20.5 Å². The highest BCUT2D eigenvalue weighted by molar-refractivity contribution is 7.91. The summed E-state index contributed by atoms with van der Waals surface area (Å²) >= 11 is 0. The average Bonchev–Trinajstić information content (AvgIpc) is 2.58. The number of fused-ring (bicyclic) bond motifs is 1. The van der Waals surface area contributed by atoms with Crippen LogP contribution in [0.1, 0.15) is 15.9 Å². The minimum Gasteiger partial charge on any atom is -0.493 e. The maximum Gasteiger partial charge on any atom is 0.268 e. The van der Waals surface area contributed by atoms with Crippen LogP contribution in [-0.4, -0.2) is 34.9 Å². The van der Waals surface area contributed by atoms with Gasteiger partial charge in [-0.1, -0.05) is 18.2 Å². The van der Waals surface area contributed by atoms with Gasteiger partial charge in [0.2, 0.25) is 0 Å². The molecule has 2 aromatic carbocycles. The van der Waals surface area contributed by atoms with E-state index in [0.29, 0.717) is 22.7 Å². The molecule has 2 aromatic rings. The summed E-state index contributed by atoms with van der Waals surface area (Å²) in [5.74, 6) is 0.862. The number of carbonyl (C=O) groups excluding carboxylic acids is 1. The van der Waals surface area contributed by atoms with Gasteiger partial charge >= 0.3 is 0 Å². The molecule has 1 aliphatic heterocycles. The minimum absolute atomic E-state index is 0.173. The molecule has 0 fully saturated rings. The van der Waals surface area contributed by atoms with E-state index in [1.54, 1.807) is 50.6 Å². The Morgan fingerprint density at radius 1 is 1.08 bits per heavy atom. The van der Waals surface area contributed by atoms with Gasteiger partial charge < -0.3 is 9.47 Å². The first-order chi connectivity index (χ1) is 11.5. The number of ether oxygens (including phenoxy) is 2. The molecule has 0 saturated carbocycles. The zero-order valence-electron chi connectivity index (χ0n) is 13.7. The predicted molar refractivity (Wildman–Crippen MR) is 92.0 cm³/mol. The Morgan fingerprint density at radius 3 is 2.50 bits per heavy atom. The Kier molecular flexibility index (Phi) is 4.19. The van der Waals surface area contributed by atoms with Crippen molar-refractivity contribution in [3.8, 4) is 11.5 Å². The Hall–Kier alpha value is -2.54. The van der Waals surface area contributed by atoms with Crippen LogP contribution in [0.2, 0.25) is 0 Å². The van der Waals surface area contributed by atoms with E-state index in [2.05, 4.69) is 4.36 Å². The van der Waals surface area contributed by atoms with Crippen LogP contribution in [0.25, 0.3) is 0 Å². The van der Waals surface area contributed by atoms with Gasteiger partial charge in [0.1, 0.15) is 9.92 Å². The first-order valence-electron chi connectivity index (χ1n) is 7.30. The Labute approximate surface area is 141 Å². The molecule has 6 nitrogen and oxygen atoms in total. The van der Waals surface area contributed by atoms with Gasteiger partial charge in [-0.25, -0.2) is 8.51 Å². The summed E-state index contributed by atoms with van der Waals surface area (Å²) in [6.45, 7) is 0.173. The highest BCUT2D eigenvalue weighted by atomic mass is 32.2. The lowest BCUT2D eigenvalue weighted by Gasteiger charge is -2.28. The second-order valence-corrected chi connectivity index (χ2v) is 7.55. The fraction of sp³-hybridized carbons (Fsp3) is 0.235. The zero-order valence-corrected chi connectivity index (χ0v) is 14.5. The number of methoxy groups -OCH3 is 2. The summed E-state index contributed by atoms with van der Waals surface area (Å²) < 4.78 is 28.9. The van der Waals surface area contributed by atoms with Gasteiger partial charge in [0.05, 0.1) is 32.0 Å². The third-order valence-corrected chi connectivity index (χ3v) is 5.46. The highest BCUT2D eigenvalue weighted by Gasteiger charge is 2.30. The lowest BCUT2D eigenvalue weighted by atomic mass is 10.1. The standard InChI is InChI=1S/C17H18N2O4S/c1-22-15-9-8-12(10-16(15)23-2)11-19-17(20)13-6-4-5-7-14(13)18-24(19,3)21/h4-10H,11H2,1-3H3. The summed E-state index contributed by atoms with van der Waals surface area (Å²) in [7, 11) is 0.267. The number of benzene rings is 2. The van der Waals surface area contributed by atoms with Crippen LogP contribution in [-0.2, 0) is 16.5 Å². The van der Waals surface area contributed by atoms with Gasteiger partial charge in [-0.3, -0.25) is 4.79 Å². The molecule has 0 bridgehead atoms. The Morgan fingerprint density at radius 2 is 1.79 bits per heavy atom. The van der Waals surface area contributed by atoms with Gasteiger partial charge in [0.15, 0.2) is 11.5 Å². The van der Waals surface area contributed by atoms with Gasteiger partial charge in [0.25, 0.3) is 5.91 Å². The smallest absolute Gasteiger partial charge is 0.268 e. The Balaban J connectivity index is 1.99. The maximum atomic E-state index is 12.9. The second kappa shape index (κ2) is 6.16. The van der Waals surface area contributed by atoms with E-state index >= 15 is 0 Å². The lowest BCUT2D eigenvalue weighted by molar-refractivity contribution is 0.0857. The molecule has 0 spiro atoms. The summed E-state index contributed by atoms with van der Waals surface area (Å²) in [5.41, 5.74) is 1.71. The van der Waals surface area contributed by atoms with E-state index in [1.165, 1.54) is 10.6 Å². The molecule has 126 valence electrons. The van der Waals surface area contributed by atoms with Crippen molar-refractivity contribution in [2.45, 2.75) is 6.54 Å². The van der Waals surface area contributed by atoms with Crippen molar-refractivity contribution >= 4 is 21.5 Å². The molecule has 24 heavy (non-hydrogen) atoms. The Bertz CT molecular complexity index is 917. The maximum absolute atomic E-state index is 12.9. The molecule has 1 atom stereocenters. The summed E-state index contributed by atoms with van der Waals surface area (Å²) in [6.07, 6.45) is 1.47. The first kappa shape index (κ1) is 16.3. The number of carbonyl (C=O) groups is 1. The van der Waals surface area contributed by atoms with Crippen LogP contribution in [0.15, 0.2) is 46.8 Å². The summed E-state index contributed by atoms with van der Waals surface area (Å²) in [6, 6.07) is 12.3. The third-order valence-electron chi connectivity index (χ3n) is 3.81. The van der Waals surface area contributed by atoms with Crippen molar-refractivity contribution in [3.63, 3.8) is 0 Å². The molecule has 7 heteroatoms. The van der Waals surface area contributed by atoms with Gasteiger partial charge in [-0.15, -0.1) is 0 Å². The SMILES string of the molecule is COc1ccc(CN2C(=O)c3ccccc3N=S2(C)=O)cc1OC. The quantitative estimate of drug-likeness (QED) is 0.853. The van der Waals surface area contributed by atoms with Gasteiger partial charge in [-0.2, -0.15) is 4.36 Å². The fourth-order valence-corrected chi connectivity index (χ4v) is 4.01. The highest BCUT2D eigenvalue weighted by Crippen LogP contribution is 2.32. The number of rotatable bonds is 4. The first-order valence-corrected chi connectivity index (χ1v) is 9.18. The monoisotopic (exact) mass is 346 g/mol. The van der Waals surface area contributed by atoms with E-state index in [9.17, 15) is 9.00 Å². The third kappa shape index (κ3) is 2.82. The van der Waals surface area contributed by atoms with E-state index < -0.39 is 9.92 Å². The molecular weight excluding hydrogens is 328 g/mol. The number of amides is 1. The van der Waals surface area contributed by atoms with Crippen molar-refractivity contribution in [1.82, 2.24) is 4.31 Å². The van der Waals surface area contributed by atoms with Crippen LogP contribution in [0.4, 0.5) is 5.69 Å². The second-order valence-electron chi connectivity index (χ2n) is 5.40. The minimum atomic E-state index is -2.83. The molecule has 0 N–H and O–H groups in total. The van der Waals surface area contributed by atoms with Crippen molar-refractivity contribution in [2.24, 2.45) is 4.36 Å². The predicted octanol–water partition coefficient (Wildman–Crippen LogP) is 3.00. The lowest BCUT2D eigenvalue weighted by Crippen LogP contribution is -2.37. The summed E-state index contributed by atoms with van der Waals surface area (Å²) in [4.78, 5) is 12.7. The fourth-order valence-electron chi connectivity index (χ4n) is 2.59. The van der Waals surface area contributed by atoms with Crippen LogP contribution >= 0.6 is 0 Å². The van der Waals surface area contributed by atoms with Crippen LogP contribution in [0, 0.1) is 0 Å². The zero-order chi connectivity index (χ0) is 17.3. The molecular formula is C17H18N2O4S. The molecule has 1 amide bonds. The number of nitrogens with zero attached hydrogens (tertiary/aromatic N) is 2. The van der Waals surface area contributed by atoms with Gasteiger partial charge in [0, 0.05) is 6.26 Å². The molecule has 1 heterocycles. The topological polar surface area (TPSA) is 68.2 Å². The number of hydrogen-bond donors (Lipinski definition) is 0. The average molecular weight is 346 g/mol. The van der Waals surface area contributed by atoms with Gasteiger partial charge in [-0.05, 0) is 29.8 Å². The van der Waals surface area contributed by atoms with Crippen molar-refractivity contribution < 1.29 is 18.5 Å². The molecule has 1 unspecified atom stereocenters. The van der Waals surface area contributed by atoms with E-state index in [0.717, 1.165) is 5.56 Å². The molecule has 0 radical (unpaired) electrons. The normalized spacial score (nSPS) is 19.5. The van der Waals surface area contributed by atoms with Crippen molar-refractivity contribution in [1.29, 1.82) is 0 Å².